The molecule has 30 heavy (non-hydrogen) atoms. The van der Waals surface area contributed by atoms with Crippen molar-refractivity contribution in [2.45, 2.75) is 25.5 Å². The number of primary amides is 1. The lowest BCUT2D eigenvalue weighted by Gasteiger charge is -2.49. The van der Waals surface area contributed by atoms with Crippen LogP contribution in [-0.2, 0) is 16.0 Å². The van der Waals surface area contributed by atoms with E-state index in [1.807, 2.05) is 24.3 Å². The van der Waals surface area contributed by atoms with Crippen molar-refractivity contribution in [2.75, 3.05) is 26.2 Å². The predicted octanol–water partition coefficient (Wildman–Crippen LogP) is 4.03. The van der Waals surface area contributed by atoms with Gasteiger partial charge in [0.25, 0.3) is 0 Å². The zero-order valence-electron chi connectivity index (χ0n) is 16.7. The van der Waals surface area contributed by atoms with Gasteiger partial charge in [-0.2, -0.15) is 0 Å². The van der Waals surface area contributed by atoms with E-state index in [0.29, 0.717) is 31.3 Å². The van der Waals surface area contributed by atoms with Crippen molar-refractivity contribution in [3.63, 3.8) is 0 Å². The summed E-state index contributed by atoms with van der Waals surface area (Å²) in [6.07, 6.45) is 0.429. The number of carbonyl (C=O) groups is 2. The number of hydrogen-bond acceptors (Lipinski definition) is 3. The number of carbonyl (C=O) groups excluding carboxylic acids is 2. The highest BCUT2D eigenvalue weighted by atomic mass is 79.9. The highest BCUT2D eigenvalue weighted by molar-refractivity contribution is 9.10. The van der Waals surface area contributed by atoms with Gasteiger partial charge >= 0.3 is 6.03 Å². The highest BCUT2D eigenvalue weighted by Gasteiger charge is 2.54. The van der Waals surface area contributed by atoms with Crippen LogP contribution in [0, 0.1) is 0 Å². The molecule has 2 aliphatic rings. The Morgan fingerprint density at radius 3 is 2.63 bits per heavy atom. The van der Waals surface area contributed by atoms with Gasteiger partial charge in [-0.1, -0.05) is 33.6 Å². The summed E-state index contributed by atoms with van der Waals surface area (Å²) in [5.41, 5.74) is 9.05. The molecule has 3 unspecified atom stereocenters. The summed E-state index contributed by atoms with van der Waals surface area (Å²) >= 11 is 9.64. The fourth-order valence-corrected chi connectivity index (χ4v) is 5.25. The molecule has 0 radical (unpaired) electrons. The molecule has 8 heteroatoms. The minimum Gasteiger partial charge on any atom is -0.367 e. The van der Waals surface area contributed by atoms with Gasteiger partial charge < -0.3 is 15.4 Å². The summed E-state index contributed by atoms with van der Waals surface area (Å²) in [7, 11) is 0. The first kappa shape index (κ1) is 21.3. The van der Waals surface area contributed by atoms with Crippen molar-refractivity contribution in [2.24, 2.45) is 5.73 Å². The zero-order chi connectivity index (χ0) is 21.5. The number of rotatable bonds is 2. The number of nitrogens with zero attached hydrogens (tertiary/aromatic N) is 2. The average molecular weight is 494 g/mol. The van der Waals surface area contributed by atoms with Crippen LogP contribution in [0.2, 0.25) is 5.02 Å². The second kappa shape index (κ2) is 8.30. The molecule has 6 nitrogen and oxygen atoms in total. The summed E-state index contributed by atoms with van der Waals surface area (Å²) in [4.78, 5) is 27.0. The van der Waals surface area contributed by atoms with Gasteiger partial charge in [0.15, 0.2) is 6.04 Å². The third-order valence-electron chi connectivity index (χ3n) is 6.25. The van der Waals surface area contributed by atoms with E-state index < -0.39 is 6.03 Å². The number of nitrogens with two attached hydrogens (primary N) is 1. The number of hydrogen-bond donors (Lipinski definition) is 1. The second-order valence-electron chi connectivity index (χ2n) is 7.82. The molecule has 2 N–H and O–H groups in total. The Bertz CT molecular complexity index is 984. The molecule has 1 fully saturated rings. The molecule has 0 saturated carbocycles. The Labute approximate surface area is 189 Å². The first-order chi connectivity index (χ1) is 14.3. The number of urea groups is 1. The van der Waals surface area contributed by atoms with Gasteiger partial charge in [-0.15, -0.1) is 0 Å². The van der Waals surface area contributed by atoms with Crippen LogP contribution in [0.1, 0.15) is 24.2 Å². The molecule has 0 aliphatic carbocycles. The van der Waals surface area contributed by atoms with Crippen LogP contribution < -0.4 is 10.2 Å². The number of ether oxygens (including phenoxy) is 1. The monoisotopic (exact) mass is 492 g/mol. The lowest BCUT2D eigenvalue weighted by molar-refractivity contribution is -0.133. The highest BCUT2D eigenvalue weighted by Crippen LogP contribution is 2.41. The molecule has 4 rings (SSSR count). The van der Waals surface area contributed by atoms with E-state index in [-0.39, 0.29) is 22.5 Å². The van der Waals surface area contributed by atoms with Crippen LogP contribution in [-0.4, -0.2) is 49.1 Å². The quantitative estimate of drug-likeness (QED) is 0.642. The van der Waals surface area contributed by atoms with E-state index >= 15 is 0 Å². The molecule has 2 aliphatic heterocycles. The average Bonchev–Trinajstić information content (AvgIpc) is 2.73. The maximum Gasteiger partial charge on any atom is 0.419 e. The SMILES string of the molecule is CC(=O)N1CC[N+](C(N)=O)(c2ccc(Cl)cc2)C(C2OCCc3cc(Br)ccc32)C1. The van der Waals surface area contributed by atoms with Crippen LogP contribution in [0.15, 0.2) is 46.9 Å². The Hall–Kier alpha value is -1.93. The lowest BCUT2D eigenvalue weighted by atomic mass is 9.89. The van der Waals surface area contributed by atoms with Gasteiger partial charge in [-0.05, 0) is 41.8 Å². The van der Waals surface area contributed by atoms with Crippen LogP contribution in [0.4, 0.5) is 10.5 Å². The molecular weight excluding hydrogens is 470 g/mol. The molecule has 3 atom stereocenters. The zero-order valence-corrected chi connectivity index (χ0v) is 19.0. The third-order valence-corrected chi connectivity index (χ3v) is 7.00. The summed E-state index contributed by atoms with van der Waals surface area (Å²) in [5.74, 6) is -0.0229. The smallest absolute Gasteiger partial charge is 0.367 e. The van der Waals surface area contributed by atoms with Gasteiger partial charge in [-0.3, -0.25) is 4.79 Å². The molecule has 2 heterocycles. The van der Waals surface area contributed by atoms with E-state index in [9.17, 15) is 9.59 Å². The minimum absolute atomic E-state index is 0.0229. The van der Waals surface area contributed by atoms with Gasteiger partial charge in [0.05, 0.1) is 19.7 Å². The number of piperazine rings is 1. The van der Waals surface area contributed by atoms with Crippen LogP contribution >= 0.6 is 27.5 Å². The van der Waals surface area contributed by atoms with E-state index in [1.165, 1.54) is 5.56 Å². The number of halogens is 2. The predicted molar refractivity (Wildman–Crippen MR) is 120 cm³/mol. The van der Waals surface area contributed by atoms with Gasteiger partial charge in [0.1, 0.15) is 18.3 Å². The molecule has 0 bridgehead atoms. The normalized spacial score (nSPS) is 26.2. The van der Waals surface area contributed by atoms with Crippen molar-refractivity contribution >= 4 is 45.2 Å². The second-order valence-corrected chi connectivity index (χ2v) is 9.18. The van der Waals surface area contributed by atoms with E-state index in [2.05, 4.69) is 22.0 Å². The van der Waals surface area contributed by atoms with E-state index in [0.717, 1.165) is 22.1 Å². The standard InChI is InChI=1S/C22H23BrClN3O3/c1-14(28)26-9-10-27(22(25)29,18-5-3-17(24)4-6-18)20(13-26)21-19-7-2-16(23)12-15(19)8-11-30-21/h2-7,12,20-21H,8-11,13H2,1H3,(H-,25,29)/p+1. The van der Waals surface area contributed by atoms with Gasteiger partial charge in [-0.25, -0.2) is 9.28 Å². The van der Waals surface area contributed by atoms with Crippen LogP contribution in [0.5, 0.6) is 0 Å². The summed E-state index contributed by atoms with van der Waals surface area (Å²) in [5, 5.41) is 0.587. The molecule has 2 aromatic rings. The van der Waals surface area contributed by atoms with Crippen molar-refractivity contribution in [3.8, 4) is 0 Å². The fraction of sp³-hybridized carbons (Fsp3) is 0.364. The minimum atomic E-state index is -0.460. The number of amides is 3. The summed E-state index contributed by atoms with van der Waals surface area (Å²) in [6.45, 7) is 3.30. The molecule has 2 aromatic carbocycles. The largest absolute Gasteiger partial charge is 0.419 e. The lowest BCUT2D eigenvalue weighted by Crippen LogP contribution is -2.73. The van der Waals surface area contributed by atoms with Crippen molar-refractivity contribution in [1.82, 2.24) is 9.38 Å². The van der Waals surface area contributed by atoms with Crippen LogP contribution in [0.25, 0.3) is 0 Å². The Kier molecular flexibility index (Phi) is 5.90. The molecule has 1 saturated heterocycles. The summed E-state index contributed by atoms with van der Waals surface area (Å²) < 4.78 is 7.18. The molecule has 3 amide bonds. The number of quaternary nitrogens is 1. The first-order valence-electron chi connectivity index (χ1n) is 9.92. The molecule has 158 valence electrons. The van der Waals surface area contributed by atoms with Gasteiger partial charge in [0.2, 0.25) is 5.91 Å². The molecule has 0 spiro atoms. The Morgan fingerprint density at radius 2 is 1.97 bits per heavy atom. The number of benzene rings is 2. The summed E-state index contributed by atoms with van der Waals surface area (Å²) in [6, 6.07) is 12.5. The maximum atomic E-state index is 13.1. The third kappa shape index (κ3) is 3.64. The van der Waals surface area contributed by atoms with Crippen molar-refractivity contribution in [3.05, 3.63) is 63.1 Å². The van der Waals surface area contributed by atoms with Crippen LogP contribution in [0.3, 0.4) is 0 Å². The Morgan fingerprint density at radius 1 is 1.23 bits per heavy atom. The Balaban J connectivity index is 1.86. The fourth-order valence-electron chi connectivity index (χ4n) is 4.71. The molecule has 0 aromatic heterocycles. The van der Waals surface area contributed by atoms with E-state index in [1.54, 1.807) is 24.0 Å². The van der Waals surface area contributed by atoms with Crippen molar-refractivity contribution < 1.29 is 14.3 Å². The maximum absolute atomic E-state index is 13.1. The van der Waals surface area contributed by atoms with Crippen molar-refractivity contribution in [1.29, 1.82) is 0 Å². The molecular formula is C22H24BrClN3O3+. The van der Waals surface area contributed by atoms with E-state index in [4.69, 9.17) is 22.1 Å². The number of fused-ring (bicyclic) bond motifs is 1. The topological polar surface area (TPSA) is 72.6 Å². The van der Waals surface area contributed by atoms with Gasteiger partial charge in [0, 0.05) is 28.6 Å². The first-order valence-corrected chi connectivity index (χ1v) is 11.1.